The van der Waals surface area contributed by atoms with Gasteiger partial charge in [-0.15, -0.1) is 0 Å². The zero-order chi connectivity index (χ0) is 14.6. The third-order valence-electron chi connectivity index (χ3n) is 3.41. The normalized spacial score (nSPS) is 15.4. The second kappa shape index (κ2) is 9.88. The first-order valence-electron chi connectivity index (χ1n) is 7.69. The Labute approximate surface area is 127 Å². The van der Waals surface area contributed by atoms with Crippen LogP contribution in [0.4, 0.5) is 5.69 Å². The zero-order valence-corrected chi connectivity index (χ0v) is 12.5. The number of piperidine rings is 1. The number of nitrogens with one attached hydrogen (secondary N) is 2. The van der Waals surface area contributed by atoms with Crippen molar-refractivity contribution in [2.75, 3.05) is 25.0 Å². The molecule has 2 aliphatic rings. The molecule has 0 aliphatic carbocycles. The van der Waals surface area contributed by atoms with E-state index in [0.717, 1.165) is 6.54 Å². The number of fused-ring (bicyclic) bond motifs is 1. The number of nitrogens with zero attached hydrogens (tertiary/aromatic N) is 2. The molecule has 0 spiro atoms. The summed E-state index contributed by atoms with van der Waals surface area (Å²) in [4.78, 5) is 7.35. The van der Waals surface area contributed by atoms with Gasteiger partial charge >= 0.3 is 0 Å². The second-order valence-corrected chi connectivity index (χ2v) is 5.05. The molecule has 0 unspecified atom stereocenters. The first-order chi connectivity index (χ1) is 10.5. The predicted molar refractivity (Wildman–Crippen MR) is 87.4 cm³/mol. The van der Waals surface area contributed by atoms with E-state index < -0.39 is 0 Å². The van der Waals surface area contributed by atoms with E-state index in [2.05, 4.69) is 44.9 Å². The Kier molecular flexibility index (Phi) is 7.27. The van der Waals surface area contributed by atoms with Gasteiger partial charge in [0.2, 0.25) is 0 Å². The molecule has 2 aromatic rings. The van der Waals surface area contributed by atoms with Gasteiger partial charge in [0, 0.05) is 24.6 Å². The Balaban J connectivity index is 0.000000120. The third-order valence-corrected chi connectivity index (χ3v) is 3.41. The van der Waals surface area contributed by atoms with Crippen molar-refractivity contribution < 1.29 is 0 Å². The van der Waals surface area contributed by atoms with Crippen LogP contribution in [-0.4, -0.2) is 29.6 Å². The molecule has 0 saturated carbocycles. The lowest BCUT2D eigenvalue weighted by Crippen LogP contribution is -2.21. The van der Waals surface area contributed by atoms with E-state index in [1.807, 2.05) is 0 Å². The number of hydrogen-bond donors (Lipinski definition) is 2. The van der Waals surface area contributed by atoms with Gasteiger partial charge in [0.25, 0.3) is 0 Å². The molecule has 4 rings (SSSR count). The topological polar surface area (TPSA) is 49.8 Å². The van der Waals surface area contributed by atoms with Crippen molar-refractivity contribution >= 4 is 5.69 Å². The van der Waals surface area contributed by atoms with E-state index in [-0.39, 0.29) is 0 Å². The maximum absolute atomic E-state index is 3.67. The van der Waals surface area contributed by atoms with Crippen LogP contribution in [0.3, 0.4) is 0 Å². The van der Waals surface area contributed by atoms with E-state index in [1.54, 1.807) is 18.5 Å². The second-order valence-electron chi connectivity index (χ2n) is 5.05. The van der Waals surface area contributed by atoms with Gasteiger partial charge in [-0.3, -0.25) is 0 Å². The Morgan fingerprint density at radius 1 is 0.810 bits per heavy atom. The van der Waals surface area contributed by atoms with Gasteiger partial charge in [-0.25, -0.2) is 9.97 Å². The fourth-order valence-electron chi connectivity index (χ4n) is 2.30. The Morgan fingerprint density at radius 3 is 2.05 bits per heavy atom. The van der Waals surface area contributed by atoms with Crippen molar-refractivity contribution in [2.45, 2.75) is 25.7 Å². The third kappa shape index (κ3) is 6.36. The summed E-state index contributed by atoms with van der Waals surface area (Å²) in [6.45, 7) is 3.61. The van der Waals surface area contributed by atoms with E-state index in [0.29, 0.717) is 0 Å². The average Bonchev–Trinajstić information content (AvgIpc) is 3.08. The van der Waals surface area contributed by atoms with Crippen molar-refractivity contribution in [3.63, 3.8) is 0 Å². The summed E-state index contributed by atoms with van der Waals surface area (Å²) in [6.07, 6.45) is 10.3. The molecule has 4 heteroatoms. The maximum atomic E-state index is 3.67. The van der Waals surface area contributed by atoms with Crippen molar-refractivity contribution in [3.05, 3.63) is 54.6 Å². The molecule has 1 saturated heterocycles. The van der Waals surface area contributed by atoms with E-state index in [4.69, 9.17) is 0 Å². The molecule has 0 amide bonds. The molecule has 3 heterocycles. The summed E-state index contributed by atoms with van der Waals surface area (Å²) >= 11 is 0. The number of anilines is 1. The van der Waals surface area contributed by atoms with Crippen molar-refractivity contribution in [1.29, 1.82) is 0 Å². The quantitative estimate of drug-likeness (QED) is 0.781. The van der Waals surface area contributed by atoms with Gasteiger partial charge in [-0.2, -0.15) is 0 Å². The molecular formula is C17H24N4. The lowest BCUT2D eigenvalue weighted by molar-refractivity contribution is 0.520. The summed E-state index contributed by atoms with van der Waals surface area (Å²) < 4.78 is 0. The monoisotopic (exact) mass is 284 g/mol. The molecule has 21 heavy (non-hydrogen) atoms. The van der Waals surface area contributed by atoms with Crippen LogP contribution in [0, 0.1) is 0 Å². The van der Waals surface area contributed by atoms with Gasteiger partial charge in [0.1, 0.15) is 6.33 Å². The Morgan fingerprint density at radius 2 is 1.57 bits per heavy atom. The smallest absolute Gasteiger partial charge is 0.115 e. The highest BCUT2D eigenvalue weighted by Gasteiger charge is 2.05. The van der Waals surface area contributed by atoms with Crippen LogP contribution in [0.2, 0.25) is 0 Å². The highest BCUT2D eigenvalue weighted by Crippen LogP contribution is 2.19. The molecule has 0 atom stereocenters. The summed E-state index contributed by atoms with van der Waals surface area (Å²) in [5.74, 6) is 0. The number of aromatic nitrogens is 2. The van der Waals surface area contributed by atoms with E-state index in [1.165, 1.54) is 56.4 Å². The summed E-state index contributed by atoms with van der Waals surface area (Å²) in [5, 5.41) is 6.58. The van der Waals surface area contributed by atoms with Crippen LogP contribution in [-0.2, 0) is 6.42 Å². The SMILES string of the molecule is C1CCNCC1.c1ccc2c(c1)CCN2.c1cncnc1. The minimum atomic E-state index is 1.11. The first kappa shape index (κ1) is 15.4. The molecular weight excluding hydrogens is 260 g/mol. The molecule has 2 aliphatic heterocycles. The van der Waals surface area contributed by atoms with Crippen LogP contribution in [0.25, 0.3) is 0 Å². The Hall–Kier alpha value is -1.94. The average molecular weight is 284 g/mol. The van der Waals surface area contributed by atoms with Crippen LogP contribution in [0.5, 0.6) is 0 Å². The minimum absolute atomic E-state index is 1.11. The van der Waals surface area contributed by atoms with Crippen molar-refractivity contribution in [1.82, 2.24) is 15.3 Å². The van der Waals surface area contributed by atoms with Crippen LogP contribution in [0.15, 0.2) is 49.1 Å². The van der Waals surface area contributed by atoms with Crippen LogP contribution in [0.1, 0.15) is 24.8 Å². The lowest BCUT2D eigenvalue weighted by atomic mass is 10.2. The summed E-state index contributed by atoms with van der Waals surface area (Å²) in [5.41, 5.74) is 2.77. The van der Waals surface area contributed by atoms with Gasteiger partial charge < -0.3 is 10.6 Å². The number of para-hydroxylation sites is 1. The van der Waals surface area contributed by atoms with Crippen LogP contribution < -0.4 is 10.6 Å². The lowest BCUT2D eigenvalue weighted by Gasteiger charge is -2.08. The van der Waals surface area contributed by atoms with Crippen molar-refractivity contribution in [2.24, 2.45) is 0 Å². The first-order valence-corrected chi connectivity index (χ1v) is 7.69. The van der Waals surface area contributed by atoms with Crippen molar-refractivity contribution in [3.8, 4) is 0 Å². The largest absolute Gasteiger partial charge is 0.384 e. The highest BCUT2D eigenvalue weighted by molar-refractivity contribution is 5.54. The fraction of sp³-hybridized carbons (Fsp3) is 0.412. The van der Waals surface area contributed by atoms with E-state index in [9.17, 15) is 0 Å². The Bertz CT molecular complexity index is 422. The molecule has 1 fully saturated rings. The maximum Gasteiger partial charge on any atom is 0.115 e. The minimum Gasteiger partial charge on any atom is -0.384 e. The van der Waals surface area contributed by atoms with Gasteiger partial charge in [0.05, 0.1) is 0 Å². The molecule has 0 bridgehead atoms. The van der Waals surface area contributed by atoms with Crippen LogP contribution >= 0.6 is 0 Å². The number of benzene rings is 1. The van der Waals surface area contributed by atoms with E-state index >= 15 is 0 Å². The predicted octanol–water partition coefficient (Wildman–Crippen LogP) is 2.89. The molecule has 1 aromatic heterocycles. The standard InChI is InChI=1S/C8H9N.C5H11N.C4H4N2/c1-2-4-8-7(3-1)5-6-9-8;1-2-4-6-5-3-1;1-2-5-4-6-3-1/h1-4,9H,5-6H2;6H,1-5H2;1-4H. The zero-order valence-electron chi connectivity index (χ0n) is 12.5. The highest BCUT2D eigenvalue weighted by atomic mass is 14.9. The molecule has 2 N–H and O–H groups in total. The van der Waals surface area contributed by atoms with Gasteiger partial charge in [-0.05, 0) is 50.0 Å². The molecule has 112 valence electrons. The number of rotatable bonds is 0. The molecule has 1 aromatic carbocycles. The molecule has 0 radical (unpaired) electrons. The number of hydrogen-bond acceptors (Lipinski definition) is 4. The summed E-state index contributed by atoms with van der Waals surface area (Å²) in [6, 6.07) is 10.2. The summed E-state index contributed by atoms with van der Waals surface area (Å²) in [7, 11) is 0. The molecule has 4 nitrogen and oxygen atoms in total. The fourth-order valence-corrected chi connectivity index (χ4v) is 2.30. The van der Waals surface area contributed by atoms with Gasteiger partial charge in [-0.1, -0.05) is 24.6 Å². The van der Waals surface area contributed by atoms with Gasteiger partial charge in [0.15, 0.2) is 0 Å².